The molecule has 0 saturated carbocycles. The first-order valence-electron chi connectivity index (χ1n) is 16.5. The van der Waals surface area contributed by atoms with Gasteiger partial charge in [-0.25, -0.2) is 8.78 Å². The number of nitrogens with zero attached hydrogens (tertiary/aromatic N) is 2. The number of benzene rings is 2. The molecule has 0 saturated heterocycles. The molecule has 4 aromatic heterocycles. The fourth-order valence-corrected chi connectivity index (χ4v) is 10.2. The van der Waals surface area contributed by atoms with E-state index in [9.17, 15) is 0 Å². The minimum absolute atomic E-state index is 0.135. The molecule has 4 heterocycles. The summed E-state index contributed by atoms with van der Waals surface area (Å²) >= 11 is 8.80. The molecule has 0 aliphatic carbocycles. The topological polar surface area (TPSA) is 44.2 Å². The van der Waals surface area contributed by atoms with Crippen LogP contribution in [0, 0.1) is 23.5 Å². The summed E-state index contributed by atoms with van der Waals surface area (Å²) in [5, 5.41) is 3.95. The molecule has 0 amide bonds. The van der Waals surface area contributed by atoms with Gasteiger partial charge < -0.3 is 9.47 Å². The molecule has 2 atom stereocenters. The molecule has 2 aromatic carbocycles. The molecule has 6 rings (SSSR count). The van der Waals surface area contributed by atoms with Gasteiger partial charge in [0.05, 0.1) is 49.3 Å². The van der Waals surface area contributed by atoms with E-state index in [2.05, 4.69) is 63.8 Å². The molecular formula is C36H39BrF2N2O2S4. The molecule has 6 aromatic rings. The molecule has 0 N–H and O–H groups in total. The minimum Gasteiger partial charge on any atom is -0.491 e. The lowest BCUT2D eigenvalue weighted by Crippen LogP contribution is -2.12. The van der Waals surface area contributed by atoms with Crippen LogP contribution in [0.3, 0.4) is 0 Å². The lowest BCUT2D eigenvalue weighted by molar-refractivity contribution is 0.235. The number of fused-ring (bicyclic) bond motifs is 3. The first-order valence-corrected chi connectivity index (χ1v) is 20.5. The molecule has 11 heteroatoms. The summed E-state index contributed by atoms with van der Waals surface area (Å²) in [5.74, 6) is 0.636. The molecule has 0 bridgehead atoms. The van der Waals surface area contributed by atoms with Crippen molar-refractivity contribution in [3.8, 4) is 32.4 Å². The van der Waals surface area contributed by atoms with Crippen LogP contribution in [-0.2, 0) is 0 Å². The number of hydrogen-bond acceptors (Lipinski definition) is 8. The normalized spacial score (nSPS) is 13.3. The van der Waals surface area contributed by atoms with E-state index in [1.807, 2.05) is 12.1 Å². The van der Waals surface area contributed by atoms with E-state index in [0.29, 0.717) is 45.8 Å². The summed E-state index contributed by atoms with van der Waals surface area (Å²) in [6.07, 6.45) is 8.93. The van der Waals surface area contributed by atoms with Gasteiger partial charge in [0, 0.05) is 20.5 Å². The smallest absolute Gasteiger partial charge is 0.170 e. The predicted octanol–water partition coefficient (Wildman–Crippen LogP) is 13.7. The zero-order valence-corrected chi connectivity index (χ0v) is 31.9. The van der Waals surface area contributed by atoms with E-state index < -0.39 is 11.6 Å². The Hall–Kier alpha value is -2.18. The third-order valence-electron chi connectivity index (χ3n) is 8.97. The summed E-state index contributed by atoms with van der Waals surface area (Å²) in [6, 6.07) is 7.65. The van der Waals surface area contributed by atoms with Crippen molar-refractivity contribution in [2.75, 3.05) is 13.2 Å². The maximum atomic E-state index is 16.3. The first-order chi connectivity index (χ1) is 22.9. The van der Waals surface area contributed by atoms with Crippen LogP contribution >= 0.6 is 61.7 Å². The molecule has 250 valence electrons. The molecule has 0 fully saturated rings. The Labute approximate surface area is 299 Å². The highest BCUT2D eigenvalue weighted by Gasteiger charge is 2.29. The average Bonchev–Trinajstić information content (AvgIpc) is 3.90. The van der Waals surface area contributed by atoms with Gasteiger partial charge in [-0.05, 0) is 70.3 Å². The van der Waals surface area contributed by atoms with Crippen molar-refractivity contribution in [2.45, 2.75) is 79.1 Å². The van der Waals surface area contributed by atoms with Crippen molar-refractivity contribution in [3.05, 3.63) is 45.1 Å². The summed E-state index contributed by atoms with van der Waals surface area (Å²) in [6.45, 7) is 10.1. The molecule has 0 spiro atoms. The summed E-state index contributed by atoms with van der Waals surface area (Å²) < 4.78 is 57.5. The maximum absolute atomic E-state index is 16.3. The quantitative estimate of drug-likeness (QED) is 0.0982. The monoisotopic (exact) mass is 776 g/mol. The number of unbranched alkanes of at least 4 members (excludes halogenated alkanes) is 2. The van der Waals surface area contributed by atoms with Crippen LogP contribution in [0.2, 0.25) is 0 Å². The van der Waals surface area contributed by atoms with Crippen molar-refractivity contribution in [1.82, 2.24) is 8.75 Å². The molecular weight excluding hydrogens is 739 g/mol. The lowest BCUT2D eigenvalue weighted by atomic mass is 10.0. The second kappa shape index (κ2) is 15.6. The van der Waals surface area contributed by atoms with E-state index in [-0.39, 0.29) is 11.1 Å². The van der Waals surface area contributed by atoms with Crippen molar-refractivity contribution in [1.29, 1.82) is 0 Å². The van der Waals surface area contributed by atoms with Gasteiger partial charge in [0.2, 0.25) is 0 Å². The van der Waals surface area contributed by atoms with Gasteiger partial charge in [-0.15, -0.1) is 34.0 Å². The number of halogens is 3. The SMILES string of the molecule is CCCCC(CC)COc1c2cc(-c3c(F)c(F)c(-c4ccc(Br)s4)c4nsnc34)sc2c(OCC(CC)CCCC)c2ccsc12. The van der Waals surface area contributed by atoms with Crippen molar-refractivity contribution < 1.29 is 18.3 Å². The van der Waals surface area contributed by atoms with E-state index >= 15 is 8.78 Å². The number of rotatable bonds is 16. The van der Waals surface area contributed by atoms with Crippen LogP contribution in [-0.4, -0.2) is 22.0 Å². The van der Waals surface area contributed by atoms with Crippen LogP contribution in [0.1, 0.15) is 79.1 Å². The Balaban J connectivity index is 1.52. The van der Waals surface area contributed by atoms with Crippen LogP contribution in [0.5, 0.6) is 11.5 Å². The summed E-state index contributed by atoms with van der Waals surface area (Å²) in [7, 11) is 0. The van der Waals surface area contributed by atoms with Gasteiger partial charge in [-0.1, -0.05) is 66.2 Å². The Bertz CT molecular complexity index is 1910. The van der Waals surface area contributed by atoms with E-state index in [4.69, 9.17) is 9.47 Å². The van der Waals surface area contributed by atoms with Gasteiger partial charge in [0.25, 0.3) is 0 Å². The van der Waals surface area contributed by atoms with Gasteiger partial charge in [0.15, 0.2) is 11.6 Å². The molecule has 0 aliphatic heterocycles. The number of thiophene rings is 3. The van der Waals surface area contributed by atoms with E-state index in [1.54, 1.807) is 17.4 Å². The molecule has 0 aliphatic rings. The van der Waals surface area contributed by atoms with Gasteiger partial charge in [-0.3, -0.25) is 0 Å². The Morgan fingerprint density at radius 3 is 1.89 bits per heavy atom. The van der Waals surface area contributed by atoms with Crippen LogP contribution in [0.15, 0.2) is 33.4 Å². The van der Waals surface area contributed by atoms with Crippen molar-refractivity contribution in [2.24, 2.45) is 11.8 Å². The summed E-state index contributed by atoms with van der Waals surface area (Å²) in [5.41, 5.74) is 1.02. The lowest BCUT2D eigenvalue weighted by Gasteiger charge is -2.19. The summed E-state index contributed by atoms with van der Waals surface area (Å²) in [4.78, 5) is 1.18. The molecule has 2 unspecified atom stereocenters. The van der Waals surface area contributed by atoms with Crippen molar-refractivity contribution >= 4 is 92.9 Å². The first kappa shape index (κ1) is 34.7. The zero-order chi connectivity index (χ0) is 33.1. The van der Waals surface area contributed by atoms with Gasteiger partial charge >= 0.3 is 0 Å². The molecule has 4 nitrogen and oxygen atoms in total. The second-order valence-electron chi connectivity index (χ2n) is 12.1. The van der Waals surface area contributed by atoms with E-state index in [0.717, 1.165) is 85.7 Å². The number of aromatic nitrogens is 2. The van der Waals surface area contributed by atoms with Crippen LogP contribution in [0.4, 0.5) is 8.78 Å². The second-order valence-corrected chi connectivity index (χ2v) is 17.0. The maximum Gasteiger partial charge on any atom is 0.170 e. The number of ether oxygens (including phenoxy) is 2. The van der Waals surface area contributed by atoms with E-state index in [1.165, 1.54) is 35.5 Å². The largest absolute Gasteiger partial charge is 0.491 e. The van der Waals surface area contributed by atoms with Gasteiger partial charge in [0.1, 0.15) is 22.5 Å². The third-order valence-corrected chi connectivity index (χ3v) is 13.2. The zero-order valence-electron chi connectivity index (χ0n) is 27.1. The fraction of sp³-hybridized carbons (Fsp3) is 0.444. The minimum atomic E-state index is -0.917. The van der Waals surface area contributed by atoms with Gasteiger partial charge in [-0.2, -0.15) is 8.75 Å². The Kier molecular flexibility index (Phi) is 11.5. The average molecular weight is 778 g/mol. The third kappa shape index (κ3) is 6.98. The Morgan fingerprint density at radius 1 is 0.745 bits per heavy atom. The standard InChI is InChI=1S/C36H39BrF2N2O2S4/c1-5-9-11-20(7-3)18-42-33-22-15-16-44-35(22)34(43-19-21(8-4)12-10-6-2)23-17-25(46-36(23)33)28-30(39)29(38)27(24-13-14-26(37)45-24)31-32(28)41-47-40-31/h13-17,20-21H,5-12,18-19H2,1-4H3. The predicted molar refractivity (Wildman–Crippen MR) is 202 cm³/mol. The number of hydrogen-bond donors (Lipinski definition) is 0. The highest BCUT2D eigenvalue weighted by Crippen LogP contribution is 2.52. The highest BCUT2D eigenvalue weighted by molar-refractivity contribution is 9.11. The molecule has 0 radical (unpaired) electrons. The fourth-order valence-electron chi connectivity index (χ4n) is 6.09. The highest BCUT2D eigenvalue weighted by atomic mass is 79.9. The molecule has 47 heavy (non-hydrogen) atoms. The van der Waals surface area contributed by atoms with Crippen molar-refractivity contribution in [3.63, 3.8) is 0 Å². The Morgan fingerprint density at radius 2 is 1.34 bits per heavy atom. The van der Waals surface area contributed by atoms with Crippen LogP contribution < -0.4 is 9.47 Å². The van der Waals surface area contributed by atoms with Crippen LogP contribution in [0.25, 0.3) is 52.1 Å².